The van der Waals surface area contributed by atoms with E-state index in [1.165, 1.54) is 11.8 Å². The highest BCUT2D eigenvalue weighted by molar-refractivity contribution is 8.00. The van der Waals surface area contributed by atoms with Gasteiger partial charge in [-0.1, -0.05) is 18.2 Å². The van der Waals surface area contributed by atoms with E-state index in [2.05, 4.69) is 4.98 Å². The van der Waals surface area contributed by atoms with Crippen LogP contribution < -0.4 is 0 Å². The van der Waals surface area contributed by atoms with E-state index in [1.54, 1.807) is 0 Å². The van der Waals surface area contributed by atoms with Gasteiger partial charge in [-0.2, -0.15) is 0 Å². The Hall–Kier alpha value is -1.55. The van der Waals surface area contributed by atoms with Gasteiger partial charge in [0.05, 0.1) is 17.0 Å². The fourth-order valence-corrected chi connectivity index (χ4v) is 2.71. The van der Waals surface area contributed by atoms with Crippen molar-refractivity contribution in [2.24, 2.45) is 0 Å². The first-order valence-corrected chi connectivity index (χ1v) is 6.28. The lowest BCUT2D eigenvalue weighted by atomic mass is 10.1. The van der Waals surface area contributed by atoms with Crippen molar-refractivity contribution < 1.29 is 9.90 Å². The van der Waals surface area contributed by atoms with Gasteiger partial charge in [0.15, 0.2) is 0 Å². The van der Waals surface area contributed by atoms with Crippen molar-refractivity contribution in [2.75, 3.05) is 5.75 Å². The Bertz CT molecular complexity index is 581. The van der Waals surface area contributed by atoms with Crippen LogP contribution in [0.25, 0.3) is 10.9 Å². The molecule has 17 heavy (non-hydrogen) atoms. The zero-order valence-corrected chi connectivity index (χ0v) is 10.5. The zero-order chi connectivity index (χ0) is 12.4. The van der Waals surface area contributed by atoms with E-state index in [4.69, 9.17) is 5.11 Å². The molecule has 2 rings (SSSR count). The van der Waals surface area contributed by atoms with E-state index in [-0.39, 0.29) is 5.75 Å². The molecule has 0 aliphatic heterocycles. The number of nitrogens with zero attached hydrogens (tertiary/aromatic N) is 1. The van der Waals surface area contributed by atoms with E-state index in [1.807, 2.05) is 38.1 Å². The summed E-state index contributed by atoms with van der Waals surface area (Å²) >= 11 is 1.33. The van der Waals surface area contributed by atoms with Crippen molar-refractivity contribution in [1.29, 1.82) is 0 Å². The molecule has 0 radical (unpaired) electrons. The number of pyridine rings is 1. The number of fused-ring (bicyclic) bond motifs is 1. The molecule has 4 heteroatoms. The number of hydrogen-bond acceptors (Lipinski definition) is 3. The Morgan fingerprint density at radius 1 is 1.35 bits per heavy atom. The van der Waals surface area contributed by atoms with Crippen molar-refractivity contribution in [3.05, 3.63) is 35.5 Å². The van der Waals surface area contributed by atoms with Crippen molar-refractivity contribution >= 4 is 28.6 Å². The first-order chi connectivity index (χ1) is 8.09. The standard InChI is InChI=1S/C13H13NO2S/c1-8-10-5-3-4-6-11(10)14-9(2)13(8)17-7-12(15)16/h3-6H,7H2,1-2H3,(H,15,16). The molecule has 1 heterocycles. The normalized spacial score (nSPS) is 10.7. The quantitative estimate of drug-likeness (QED) is 0.847. The van der Waals surface area contributed by atoms with Gasteiger partial charge in [0, 0.05) is 10.3 Å². The first kappa shape index (κ1) is 11.9. The highest BCUT2D eigenvalue weighted by Gasteiger charge is 2.10. The van der Waals surface area contributed by atoms with Crippen molar-refractivity contribution in [3.8, 4) is 0 Å². The average molecular weight is 247 g/mol. The smallest absolute Gasteiger partial charge is 0.313 e. The van der Waals surface area contributed by atoms with Crippen LogP contribution in [0.5, 0.6) is 0 Å². The number of rotatable bonds is 3. The Morgan fingerprint density at radius 2 is 2.06 bits per heavy atom. The number of benzene rings is 1. The highest BCUT2D eigenvalue weighted by atomic mass is 32.2. The predicted molar refractivity (Wildman–Crippen MR) is 69.6 cm³/mol. The molecule has 0 amide bonds. The maximum Gasteiger partial charge on any atom is 0.313 e. The molecule has 1 aromatic heterocycles. The molecule has 0 atom stereocenters. The molecule has 0 unspecified atom stereocenters. The van der Waals surface area contributed by atoms with Gasteiger partial charge < -0.3 is 5.11 Å². The number of para-hydroxylation sites is 1. The summed E-state index contributed by atoms with van der Waals surface area (Å²) in [6, 6.07) is 7.92. The van der Waals surface area contributed by atoms with Gasteiger partial charge in [0.25, 0.3) is 0 Å². The number of carbonyl (C=O) groups is 1. The minimum atomic E-state index is -0.804. The molecule has 3 nitrogen and oxygen atoms in total. The van der Waals surface area contributed by atoms with E-state index >= 15 is 0 Å². The van der Waals surface area contributed by atoms with E-state index < -0.39 is 5.97 Å². The second-order valence-electron chi connectivity index (χ2n) is 3.85. The number of thioether (sulfide) groups is 1. The van der Waals surface area contributed by atoms with Crippen molar-refractivity contribution in [2.45, 2.75) is 18.7 Å². The SMILES string of the molecule is Cc1nc2ccccc2c(C)c1SCC(=O)O. The minimum absolute atomic E-state index is 0.0711. The summed E-state index contributed by atoms with van der Waals surface area (Å²) in [5.74, 6) is -0.733. The molecule has 88 valence electrons. The third kappa shape index (κ3) is 2.42. The highest BCUT2D eigenvalue weighted by Crippen LogP contribution is 2.30. The summed E-state index contributed by atoms with van der Waals surface area (Å²) in [4.78, 5) is 16.1. The van der Waals surface area contributed by atoms with E-state index in [0.29, 0.717) is 0 Å². The first-order valence-electron chi connectivity index (χ1n) is 5.30. The number of hydrogen-bond donors (Lipinski definition) is 1. The van der Waals surface area contributed by atoms with Crippen LogP contribution in [0.2, 0.25) is 0 Å². The summed E-state index contributed by atoms with van der Waals surface area (Å²) in [5, 5.41) is 9.82. The van der Waals surface area contributed by atoms with Crippen LogP contribution in [0.4, 0.5) is 0 Å². The Labute approximate surface area is 104 Å². The molecule has 0 aliphatic carbocycles. The summed E-state index contributed by atoms with van der Waals surface area (Å²) in [5.41, 5.74) is 2.97. The van der Waals surface area contributed by atoms with Crippen LogP contribution >= 0.6 is 11.8 Å². The molecule has 1 aromatic carbocycles. The zero-order valence-electron chi connectivity index (χ0n) is 9.73. The second-order valence-corrected chi connectivity index (χ2v) is 4.84. The molecule has 0 bridgehead atoms. The maximum atomic E-state index is 10.6. The van der Waals surface area contributed by atoms with Crippen LogP contribution in [0.15, 0.2) is 29.2 Å². The number of aliphatic carboxylic acids is 1. The molecule has 1 N–H and O–H groups in total. The predicted octanol–water partition coefficient (Wildman–Crippen LogP) is 3.03. The Kier molecular flexibility index (Phi) is 3.33. The Morgan fingerprint density at radius 3 is 2.76 bits per heavy atom. The largest absolute Gasteiger partial charge is 0.481 e. The van der Waals surface area contributed by atoms with Gasteiger partial charge in [-0.25, -0.2) is 0 Å². The molecule has 2 aromatic rings. The minimum Gasteiger partial charge on any atom is -0.481 e. The summed E-state index contributed by atoms with van der Waals surface area (Å²) in [6.45, 7) is 3.94. The second kappa shape index (κ2) is 4.75. The van der Waals surface area contributed by atoms with Crippen LogP contribution in [0, 0.1) is 13.8 Å². The third-order valence-electron chi connectivity index (χ3n) is 2.61. The lowest BCUT2D eigenvalue weighted by Gasteiger charge is -2.10. The van der Waals surface area contributed by atoms with Crippen molar-refractivity contribution in [1.82, 2.24) is 4.98 Å². The monoisotopic (exact) mass is 247 g/mol. The summed E-state index contributed by atoms with van der Waals surface area (Å²) in [6.07, 6.45) is 0. The molecule has 0 saturated heterocycles. The number of aryl methyl sites for hydroxylation is 2. The summed E-state index contributed by atoms with van der Waals surface area (Å²) in [7, 11) is 0. The van der Waals surface area contributed by atoms with Gasteiger partial charge in [0.1, 0.15) is 0 Å². The molecular formula is C13H13NO2S. The van der Waals surface area contributed by atoms with E-state index in [9.17, 15) is 4.79 Å². The molecule has 0 aliphatic rings. The van der Waals surface area contributed by atoms with Crippen LogP contribution in [-0.2, 0) is 4.79 Å². The van der Waals surface area contributed by atoms with Gasteiger partial charge in [0.2, 0.25) is 0 Å². The Balaban J connectivity index is 2.51. The lowest BCUT2D eigenvalue weighted by Crippen LogP contribution is -2.00. The van der Waals surface area contributed by atoms with E-state index in [0.717, 1.165) is 27.1 Å². The summed E-state index contributed by atoms with van der Waals surface area (Å²) < 4.78 is 0. The van der Waals surface area contributed by atoms with Gasteiger partial charge in [-0.05, 0) is 25.5 Å². The van der Waals surface area contributed by atoms with Crippen LogP contribution in [0.1, 0.15) is 11.3 Å². The fourth-order valence-electron chi connectivity index (χ4n) is 1.86. The number of carboxylic acid groups (broad SMARTS) is 1. The average Bonchev–Trinajstić information content (AvgIpc) is 2.28. The number of carboxylic acids is 1. The van der Waals surface area contributed by atoms with Gasteiger partial charge in [-0.15, -0.1) is 11.8 Å². The topological polar surface area (TPSA) is 50.2 Å². The lowest BCUT2D eigenvalue weighted by molar-refractivity contribution is -0.133. The molecule has 0 saturated carbocycles. The van der Waals surface area contributed by atoms with Gasteiger partial charge >= 0.3 is 5.97 Å². The van der Waals surface area contributed by atoms with Crippen LogP contribution in [0.3, 0.4) is 0 Å². The third-order valence-corrected chi connectivity index (χ3v) is 3.89. The van der Waals surface area contributed by atoms with Crippen molar-refractivity contribution in [3.63, 3.8) is 0 Å². The van der Waals surface area contributed by atoms with Gasteiger partial charge in [-0.3, -0.25) is 9.78 Å². The molecular weight excluding hydrogens is 234 g/mol. The maximum absolute atomic E-state index is 10.6. The molecule has 0 spiro atoms. The molecule has 0 fully saturated rings. The fraction of sp³-hybridized carbons (Fsp3) is 0.231. The van der Waals surface area contributed by atoms with Crippen LogP contribution in [-0.4, -0.2) is 21.8 Å². The number of aromatic nitrogens is 1.